The molecule has 4 nitrogen and oxygen atoms in total. The Bertz CT molecular complexity index is 498. The van der Waals surface area contributed by atoms with Gasteiger partial charge in [-0.2, -0.15) is 5.26 Å². The maximum atomic E-state index is 9.37. The van der Waals surface area contributed by atoms with Gasteiger partial charge in [0.2, 0.25) is 5.79 Å². The summed E-state index contributed by atoms with van der Waals surface area (Å²) in [5.74, 6) is -0.818. The van der Waals surface area contributed by atoms with Crippen LogP contribution in [-0.4, -0.2) is 27.1 Å². The first kappa shape index (κ1) is 15.5. The number of hydrogen-bond acceptors (Lipinski definition) is 4. The molecule has 0 saturated heterocycles. The second-order valence-corrected chi connectivity index (χ2v) is 4.32. The van der Waals surface area contributed by atoms with Crippen molar-refractivity contribution in [3.05, 3.63) is 40.6 Å². The maximum Gasteiger partial charge on any atom is 0.225 e. The summed E-state index contributed by atoms with van der Waals surface area (Å²) in [7, 11) is 4.44. The topological polar surface area (TPSA) is 51.5 Å². The van der Waals surface area contributed by atoms with Gasteiger partial charge in [0.25, 0.3) is 0 Å². The molecule has 0 unspecified atom stereocenters. The van der Waals surface area contributed by atoms with Gasteiger partial charge in [0.15, 0.2) is 5.76 Å². The first-order chi connectivity index (χ1) is 9.02. The van der Waals surface area contributed by atoms with Gasteiger partial charge in [-0.05, 0) is 24.6 Å². The molecular formula is C14H16ClNO3. The van der Waals surface area contributed by atoms with E-state index in [0.717, 1.165) is 0 Å². The van der Waals surface area contributed by atoms with Gasteiger partial charge in [-0.25, -0.2) is 0 Å². The minimum atomic E-state index is -1.13. The first-order valence-corrected chi connectivity index (χ1v) is 5.95. The SMILES string of the molecule is CO/C(=C(\C#N)c1ccc(Cl)cc1)C(C)(OC)OC. The van der Waals surface area contributed by atoms with Crippen LogP contribution in [0.1, 0.15) is 12.5 Å². The smallest absolute Gasteiger partial charge is 0.225 e. The fourth-order valence-electron chi connectivity index (χ4n) is 1.65. The average molecular weight is 282 g/mol. The number of allylic oxidation sites excluding steroid dienone is 1. The largest absolute Gasteiger partial charge is 0.494 e. The van der Waals surface area contributed by atoms with E-state index in [1.54, 1.807) is 31.2 Å². The summed E-state index contributed by atoms with van der Waals surface area (Å²) in [6, 6.07) is 9.01. The Balaban J connectivity index is 3.42. The number of methoxy groups -OCH3 is 3. The van der Waals surface area contributed by atoms with Crippen LogP contribution in [0.25, 0.3) is 5.57 Å². The van der Waals surface area contributed by atoms with Crippen LogP contribution in [0.15, 0.2) is 30.0 Å². The number of rotatable bonds is 5. The summed E-state index contributed by atoms with van der Waals surface area (Å²) in [5, 5.41) is 9.97. The molecular weight excluding hydrogens is 266 g/mol. The average Bonchev–Trinajstić information content (AvgIpc) is 2.45. The lowest BCUT2D eigenvalue weighted by atomic mass is 10.0. The monoisotopic (exact) mass is 281 g/mol. The molecule has 0 saturated carbocycles. The second kappa shape index (κ2) is 6.58. The van der Waals surface area contributed by atoms with Gasteiger partial charge >= 0.3 is 0 Å². The number of benzene rings is 1. The van der Waals surface area contributed by atoms with Gasteiger partial charge in [-0.15, -0.1) is 0 Å². The number of ether oxygens (including phenoxy) is 3. The Morgan fingerprint density at radius 3 is 2.05 bits per heavy atom. The maximum absolute atomic E-state index is 9.37. The zero-order valence-electron chi connectivity index (χ0n) is 11.4. The van der Waals surface area contributed by atoms with E-state index < -0.39 is 5.79 Å². The molecule has 0 fully saturated rings. The standard InChI is InChI=1S/C14H16ClNO3/c1-14(18-3,19-4)13(17-2)12(9-16)10-5-7-11(15)8-6-10/h5-8H,1-4H3/b13-12+. The predicted molar refractivity (Wildman–Crippen MR) is 73.4 cm³/mol. The molecule has 0 bridgehead atoms. The van der Waals surface area contributed by atoms with Crippen molar-refractivity contribution in [2.24, 2.45) is 0 Å². The number of hydrogen-bond donors (Lipinski definition) is 0. The fourth-order valence-corrected chi connectivity index (χ4v) is 1.77. The van der Waals surface area contributed by atoms with Crippen molar-refractivity contribution in [1.29, 1.82) is 5.26 Å². The number of nitriles is 1. The van der Waals surface area contributed by atoms with E-state index in [0.29, 0.717) is 21.9 Å². The van der Waals surface area contributed by atoms with Crippen LogP contribution in [0, 0.1) is 11.3 Å². The molecule has 1 rings (SSSR count). The zero-order valence-corrected chi connectivity index (χ0v) is 12.1. The van der Waals surface area contributed by atoms with Crippen LogP contribution < -0.4 is 0 Å². The molecule has 0 aromatic heterocycles. The highest BCUT2D eigenvalue weighted by atomic mass is 35.5. The van der Waals surface area contributed by atoms with Crippen LogP contribution in [0.3, 0.4) is 0 Å². The van der Waals surface area contributed by atoms with Crippen molar-refractivity contribution in [3.8, 4) is 6.07 Å². The summed E-state index contributed by atoms with van der Waals surface area (Å²) in [5.41, 5.74) is 1.02. The number of halogens is 1. The second-order valence-electron chi connectivity index (χ2n) is 3.88. The van der Waals surface area contributed by atoms with Gasteiger partial charge in [-0.1, -0.05) is 23.7 Å². The highest BCUT2D eigenvalue weighted by Gasteiger charge is 2.33. The summed E-state index contributed by atoms with van der Waals surface area (Å²) >= 11 is 5.84. The highest BCUT2D eigenvalue weighted by molar-refractivity contribution is 6.30. The van der Waals surface area contributed by atoms with Crippen LogP contribution in [0.2, 0.25) is 5.02 Å². The summed E-state index contributed by atoms with van der Waals surface area (Å²) < 4.78 is 15.9. The van der Waals surface area contributed by atoms with Gasteiger partial charge < -0.3 is 14.2 Å². The molecule has 1 aromatic carbocycles. The molecule has 1 aromatic rings. The molecule has 0 aliphatic rings. The van der Waals surface area contributed by atoms with E-state index >= 15 is 0 Å². The van der Waals surface area contributed by atoms with Gasteiger partial charge in [0.1, 0.15) is 11.6 Å². The molecule has 0 spiro atoms. The van der Waals surface area contributed by atoms with E-state index in [2.05, 4.69) is 6.07 Å². The molecule has 0 atom stereocenters. The minimum Gasteiger partial charge on any atom is -0.494 e. The Morgan fingerprint density at radius 1 is 1.16 bits per heavy atom. The van der Waals surface area contributed by atoms with Crippen molar-refractivity contribution in [3.63, 3.8) is 0 Å². The Hall–Kier alpha value is -1.54. The molecule has 0 heterocycles. The minimum absolute atomic E-state index is 0.308. The van der Waals surface area contributed by atoms with Crippen molar-refractivity contribution in [2.45, 2.75) is 12.7 Å². The fraction of sp³-hybridized carbons (Fsp3) is 0.357. The third-order valence-electron chi connectivity index (χ3n) is 2.87. The molecule has 0 aliphatic heterocycles. The van der Waals surface area contributed by atoms with E-state index in [9.17, 15) is 5.26 Å². The third-order valence-corrected chi connectivity index (χ3v) is 3.12. The van der Waals surface area contributed by atoms with E-state index in [1.807, 2.05) is 0 Å². The molecule has 19 heavy (non-hydrogen) atoms. The lowest BCUT2D eigenvalue weighted by molar-refractivity contribution is -0.186. The molecule has 102 valence electrons. The lowest BCUT2D eigenvalue weighted by Gasteiger charge is -2.28. The quantitative estimate of drug-likeness (QED) is 0.472. The van der Waals surface area contributed by atoms with E-state index in [-0.39, 0.29) is 0 Å². The zero-order chi connectivity index (χ0) is 14.5. The Labute approximate surface area is 118 Å². The van der Waals surface area contributed by atoms with Crippen molar-refractivity contribution in [2.75, 3.05) is 21.3 Å². The van der Waals surface area contributed by atoms with Crippen LogP contribution in [0.5, 0.6) is 0 Å². The van der Waals surface area contributed by atoms with E-state index in [4.69, 9.17) is 25.8 Å². The Morgan fingerprint density at radius 2 is 1.68 bits per heavy atom. The van der Waals surface area contributed by atoms with Crippen molar-refractivity contribution < 1.29 is 14.2 Å². The molecule has 0 N–H and O–H groups in total. The molecule has 5 heteroatoms. The first-order valence-electron chi connectivity index (χ1n) is 5.57. The van der Waals surface area contributed by atoms with Crippen LogP contribution in [0.4, 0.5) is 0 Å². The summed E-state index contributed by atoms with van der Waals surface area (Å²) in [6.07, 6.45) is 0. The Kier molecular flexibility index (Phi) is 5.37. The van der Waals surface area contributed by atoms with Crippen LogP contribution >= 0.6 is 11.6 Å². The predicted octanol–water partition coefficient (Wildman–Crippen LogP) is 3.23. The van der Waals surface area contributed by atoms with Crippen molar-refractivity contribution >= 4 is 17.2 Å². The highest BCUT2D eigenvalue weighted by Crippen LogP contribution is 2.30. The summed E-state index contributed by atoms with van der Waals surface area (Å²) in [4.78, 5) is 0. The normalized spacial score (nSPS) is 12.6. The van der Waals surface area contributed by atoms with Gasteiger partial charge in [0, 0.05) is 19.2 Å². The molecule has 0 aliphatic carbocycles. The van der Waals surface area contributed by atoms with E-state index in [1.165, 1.54) is 21.3 Å². The lowest BCUT2D eigenvalue weighted by Crippen LogP contribution is -2.33. The molecule has 0 radical (unpaired) electrons. The summed E-state index contributed by atoms with van der Waals surface area (Å²) in [6.45, 7) is 1.68. The number of nitrogens with zero attached hydrogens (tertiary/aromatic N) is 1. The van der Waals surface area contributed by atoms with Crippen molar-refractivity contribution in [1.82, 2.24) is 0 Å². The van der Waals surface area contributed by atoms with Gasteiger partial charge in [0.05, 0.1) is 7.11 Å². The third kappa shape index (κ3) is 3.27. The van der Waals surface area contributed by atoms with Gasteiger partial charge in [-0.3, -0.25) is 0 Å². The molecule has 0 amide bonds. The van der Waals surface area contributed by atoms with Crippen LogP contribution in [-0.2, 0) is 14.2 Å².